The van der Waals surface area contributed by atoms with Crippen molar-refractivity contribution < 1.29 is 19.1 Å². The monoisotopic (exact) mass is 428 g/mol. The second-order valence-corrected chi connectivity index (χ2v) is 8.07. The highest BCUT2D eigenvalue weighted by Crippen LogP contribution is 2.27. The fraction of sp³-hybridized carbons (Fsp3) is 0.391. The van der Waals surface area contributed by atoms with Crippen LogP contribution in [0.3, 0.4) is 0 Å². The van der Waals surface area contributed by atoms with Crippen LogP contribution in [0.15, 0.2) is 48.5 Å². The summed E-state index contributed by atoms with van der Waals surface area (Å²) in [5.74, 6) is 0.226. The molecule has 2 fully saturated rings. The first kappa shape index (κ1) is 20.7. The average Bonchev–Trinajstić information content (AvgIpc) is 3.42. The van der Waals surface area contributed by atoms with Crippen LogP contribution >= 0.6 is 11.6 Å². The van der Waals surface area contributed by atoms with E-state index in [0.29, 0.717) is 30.5 Å². The number of hydrogen-bond donors (Lipinski definition) is 1. The first-order valence-corrected chi connectivity index (χ1v) is 10.6. The van der Waals surface area contributed by atoms with Gasteiger partial charge in [0.15, 0.2) is 0 Å². The van der Waals surface area contributed by atoms with E-state index in [0.717, 1.165) is 30.7 Å². The molecule has 2 atom stereocenters. The number of carbonyl (C=O) groups excluding carboxylic acids is 2. The van der Waals surface area contributed by atoms with Crippen LogP contribution in [-0.2, 0) is 20.9 Å². The Balaban J connectivity index is 1.30. The number of carbonyl (C=O) groups is 2. The standard InChI is InChI=1S/C23H25ClN2O4/c24-21-6-2-1-4-16(21)15-30-19-9-7-18(8-10-19)26-14-17(12-22(26)27)23(28)25-13-20-5-3-11-29-20/h1-2,4,6-10,17,20H,3,5,11-15H2,(H,25,28)/t17-,20-/m1/s1. The largest absolute Gasteiger partial charge is 0.489 e. The van der Waals surface area contributed by atoms with Gasteiger partial charge in [-0.25, -0.2) is 0 Å². The Labute approximate surface area is 181 Å². The van der Waals surface area contributed by atoms with Gasteiger partial charge in [0.2, 0.25) is 11.8 Å². The van der Waals surface area contributed by atoms with E-state index >= 15 is 0 Å². The van der Waals surface area contributed by atoms with Crippen LogP contribution in [0.5, 0.6) is 5.75 Å². The van der Waals surface area contributed by atoms with Crippen molar-refractivity contribution in [3.63, 3.8) is 0 Å². The molecule has 2 aromatic carbocycles. The van der Waals surface area contributed by atoms with Gasteiger partial charge < -0.3 is 19.7 Å². The number of benzene rings is 2. The van der Waals surface area contributed by atoms with Crippen molar-refractivity contribution in [2.75, 3.05) is 24.6 Å². The van der Waals surface area contributed by atoms with E-state index < -0.39 is 0 Å². The minimum atomic E-state index is -0.338. The third kappa shape index (κ3) is 4.94. The lowest BCUT2D eigenvalue weighted by atomic mass is 10.1. The van der Waals surface area contributed by atoms with Gasteiger partial charge in [-0.15, -0.1) is 0 Å². The van der Waals surface area contributed by atoms with Crippen LogP contribution in [0, 0.1) is 5.92 Å². The summed E-state index contributed by atoms with van der Waals surface area (Å²) < 4.78 is 11.3. The summed E-state index contributed by atoms with van der Waals surface area (Å²) in [6, 6.07) is 14.9. The molecule has 7 heteroatoms. The fourth-order valence-electron chi connectivity index (χ4n) is 3.80. The molecule has 2 aliphatic heterocycles. The molecule has 2 aliphatic rings. The second-order valence-electron chi connectivity index (χ2n) is 7.66. The highest BCUT2D eigenvalue weighted by Gasteiger charge is 2.35. The number of hydrogen-bond acceptors (Lipinski definition) is 4. The van der Waals surface area contributed by atoms with E-state index in [4.69, 9.17) is 21.1 Å². The second kappa shape index (κ2) is 9.49. The van der Waals surface area contributed by atoms with Gasteiger partial charge in [0.05, 0.1) is 12.0 Å². The Morgan fingerprint density at radius 1 is 1.20 bits per heavy atom. The Kier molecular flexibility index (Phi) is 6.55. The zero-order chi connectivity index (χ0) is 20.9. The molecule has 0 bridgehead atoms. The maximum atomic E-state index is 12.5. The molecular weight excluding hydrogens is 404 g/mol. The van der Waals surface area contributed by atoms with Gasteiger partial charge in [-0.2, -0.15) is 0 Å². The quantitative estimate of drug-likeness (QED) is 0.732. The van der Waals surface area contributed by atoms with Gasteiger partial charge in [-0.3, -0.25) is 9.59 Å². The SMILES string of the molecule is O=C(NC[C@H]1CCCO1)[C@@H]1CC(=O)N(c2ccc(OCc3ccccc3Cl)cc2)C1. The molecule has 6 nitrogen and oxygen atoms in total. The van der Waals surface area contributed by atoms with E-state index in [1.165, 1.54) is 0 Å². The molecule has 0 aromatic heterocycles. The van der Waals surface area contributed by atoms with Gasteiger partial charge in [0.1, 0.15) is 12.4 Å². The highest BCUT2D eigenvalue weighted by molar-refractivity contribution is 6.31. The van der Waals surface area contributed by atoms with E-state index in [1.54, 1.807) is 4.90 Å². The third-order valence-electron chi connectivity index (χ3n) is 5.52. The van der Waals surface area contributed by atoms with Crippen molar-refractivity contribution in [1.82, 2.24) is 5.32 Å². The Bertz CT molecular complexity index is 896. The van der Waals surface area contributed by atoms with E-state index in [2.05, 4.69) is 5.32 Å². The van der Waals surface area contributed by atoms with Crippen LogP contribution in [0.25, 0.3) is 0 Å². The van der Waals surface area contributed by atoms with Crippen LogP contribution in [0.4, 0.5) is 5.69 Å². The molecule has 0 aliphatic carbocycles. The van der Waals surface area contributed by atoms with Gasteiger partial charge in [0.25, 0.3) is 0 Å². The molecule has 1 N–H and O–H groups in total. The summed E-state index contributed by atoms with van der Waals surface area (Å²) in [4.78, 5) is 26.6. The minimum absolute atomic E-state index is 0.0444. The molecule has 2 aromatic rings. The number of halogens is 1. The summed E-state index contributed by atoms with van der Waals surface area (Å²) in [6.07, 6.45) is 2.33. The molecule has 2 amide bonds. The number of nitrogens with zero attached hydrogens (tertiary/aromatic N) is 1. The van der Waals surface area contributed by atoms with E-state index in [-0.39, 0.29) is 30.3 Å². The number of rotatable bonds is 7. The van der Waals surface area contributed by atoms with Crippen molar-refractivity contribution in [3.8, 4) is 5.75 Å². The highest BCUT2D eigenvalue weighted by atomic mass is 35.5. The summed E-state index contributed by atoms with van der Waals surface area (Å²) in [5, 5.41) is 3.60. The minimum Gasteiger partial charge on any atom is -0.489 e. The van der Waals surface area contributed by atoms with Crippen LogP contribution < -0.4 is 15.0 Å². The van der Waals surface area contributed by atoms with E-state index in [9.17, 15) is 9.59 Å². The molecule has 0 unspecified atom stereocenters. The first-order valence-electron chi connectivity index (χ1n) is 10.3. The van der Waals surface area contributed by atoms with Crippen molar-refractivity contribution >= 4 is 29.1 Å². The first-order chi connectivity index (χ1) is 14.6. The van der Waals surface area contributed by atoms with Gasteiger partial charge in [0, 0.05) is 42.4 Å². The Morgan fingerprint density at radius 2 is 2.00 bits per heavy atom. The Morgan fingerprint density at radius 3 is 2.73 bits per heavy atom. The molecule has 30 heavy (non-hydrogen) atoms. The number of nitrogens with one attached hydrogen (secondary N) is 1. The molecule has 2 saturated heterocycles. The van der Waals surface area contributed by atoms with Crippen LogP contribution in [0.1, 0.15) is 24.8 Å². The maximum absolute atomic E-state index is 12.5. The molecule has 0 saturated carbocycles. The molecule has 0 radical (unpaired) electrons. The normalized spacial score (nSPS) is 21.1. The lowest BCUT2D eigenvalue weighted by Gasteiger charge is -2.18. The third-order valence-corrected chi connectivity index (χ3v) is 5.89. The smallest absolute Gasteiger partial charge is 0.227 e. The van der Waals surface area contributed by atoms with Gasteiger partial charge in [-0.05, 0) is 43.2 Å². The van der Waals surface area contributed by atoms with Gasteiger partial charge >= 0.3 is 0 Å². The molecule has 158 valence electrons. The van der Waals surface area contributed by atoms with E-state index in [1.807, 2.05) is 48.5 Å². The zero-order valence-electron chi connectivity index (χ0n) is 16.7. The molecular formula is C23H25ClN2O4. The van der Waals surface area contributed by atoms with Crippen LogP contribution in [0.2, 0.25) is 5.02 Å². The van der Waals surface area contributed by atoms with Crippen molar-refractivity contribution in [1.29, 1.82) is 0 Å². The van der Waals surface area contributed by atoms with Crippen LogP contribution in [-0.4, -0.2) is 37.6 Å². The number of amides is 2. The topological polar surface area (TPSA) is 67.9 Å². The predicted octanol–water partition coefficient (Wildman–Crippen LogP) is 3.57. The lowest BCUT2D eigenvalue weighted by molar-refractivity contribution is -0.126. The lowest BCUT2D eigenvalue weighted by Crippen LogP contribution is -2.37. The predicted molar refractivity (Wildman–Crippen MR) is 115 cm³/mol. The summed E-state index contributed by atoms with van der Waals surface area (Å²) >= 11 is 6.15. The summed E-state index contributed by atoms with van der Waals surface area (Å²) in [7, 11) is 0. The van der Waals surface area contributed by atoms with Crippen molar-refractivity contribution in [3.05, 3.63) is 59.1 Å². The van der Waals surface area contributed by atoms with Gasteiger partial charge in [-0.1, -0.05) is 29.8 Å². The summed E-state index contributed by atoms with van der Waals surface area (Å²) in [6.45, 7) is 2.03. The molecule has 2 heterocycles. The average molecular weight is 429 g/mol. The molecule has 0 spiro atoms. The van der Waals surface area contributed by atoms with Crippen molar-refractivity contribution in [2.45, 2.75) is 32.0 Å². The maximum Gasteiger partial charge on any atom is 0.227 e. The summed E-state index contributed by atoms with van der Waals surface area (Å²) in [5.41, 5.74) is 1.68. The Hall–Kier alpha value is -2.57. The fourth-order valence-corrected chi connectivity index (χ4v) is 3.99. The van der Waals surface area contributed by atoms with Crippen molar-refractivity contribution in [2.24, 2.45) is 5.92 Å². The zero-order valence-corrected chi connectivity index (χ0v) is 17.4. The number of ether oxygens (including phenoxy) is 2. The number of anilines is 1. The molecule has 4 rings (SSSR count).